The third-order valence-corrected chi connectivity index (χ3v) is 5.10. The van der Waals surface area contributed by atoms with Gasteiger partial charge in [0, 0.05) is 0 Å². The van der Waals surface area contributed by atoms with Crippen LogP contribution in [-0.4, -0.2) is 0 Å². The van der Waals surface area contributed by atoms with E-state index in [1.54, 1.807) is 5.56 Å². The van der Waals surface area contributed by atoms with Crippen molar-refractivity contribution in [2.75, 3.05) is 0 Å². The predicted octanol–water partition coefficient (Wildman–Crippen LogP) is 0.172. The van der Waals surface area contributed by atoms with E-state index in [-0.39, 0.29) is 51.0 Å². The Morgan fingerprint density at radius 2 is 1.54 bits per heavy atom. The zero-order chi connectivity index (χ0) is 15.5. The van der Waals surface area contributed by atoms with Crippen molar-refractivity contribution in [1.82, 2.24) is 0 Å². The molecule has 3 aromatic rings. The molecule has 0 aliphatic heterocycles. The summed E-state index contributed by atoms with van der Waals surface area (Å²) in [7, 11) is 0. The summed E-state index contributed by atoms with van der Waals surface area (Å²) >= 11 is 0. The van der Waals surface area contributed by atoms with Crippen molar-refractivity contribution in [2.45, 2.75) is 38.0 Å². The van der Waals surface area contributed by atoms with Crippen LogP contribution in [0.2, 0.25) is 0 Å². The SMILES string of the molecule is [C-]1=CCc2ccc3ccccc3c21.[Cl-].[Cl-].[Zr+4].c1cc[c-](C2CCCC2)c1. The smallest absolute Gasteiger partial charge is 1.00 e. The van der Waals surface area contributed by atoms with Gasteiger partial charge in [0.15, 0.2) is 0 Å². The third-order valence-electron chi connectivity index (χ3n) is 5.10. The Morgan fingerprint density at radius 3 is 2.27 bits per heavy atom. The Hall–Kier alpha value is -0.747. The Bertz CT molecular complexity index is 815. The Labute approximate surface area is 188 Å². The minimum absolute atomic E-state index is 0. The second-order valence-corrected chi connectivity index (χ2v) is 6.57. The van der Waals surface area contributed by atoms with Gasteiger partial charge in [-0.2, -0.15) is 35.4 Å². The molecule has 3 aromatic carbocycles. The Balaban J connectivity index is 0.000000239. The van der Waals surface area contributed by atoms with Gasteiger partial charge in [-0.3, -0.25) is 0 Å². The number of benzene rings is 2. The summed E-state index contributed by atoms with van der Waals surface area (Å²) in [5, 5.41) is 2.64. The van der Waals surface area contributed by atoms with Crippen molar-refractivity contribution < 1.29 is 51.0 Å². The van der Waals surface area contributed by atoms with Crippen molar-refractivity contribution in [3.05, 3.63) is 89.5 Å². The standard InChI is InChI=1S/C13H9.C10H13.2ClH.Zr/c1-2-6-12-10(4-1)8-9-11-5-3-7-13(11)12;1-2-6-9(5-1)10-7-3-4-8-10;;;/h1-4,6,8-9H,5H2;1-2,5-6,10H,3-4,7-8H2;2*1H;/q2*-1;;;+4/p-2. The maximum absolute atomic E-state index is 3.32. The molecule has 132 valence electrons. The molecular formula is C23H22Cl2Zr. The van der Waals surface area contributed by atoms with Crippen LogP contribution in [0.1, 0.15) is 48.3 Å². The number of rotatable bonds is 1. The van der Waals surface area contributed by atoms with Gasteiger partial charge in [0.25, 0.3) is 0 Å². The molecule has 1 fully saturated rings. The minimum Gasteiger partial charge on any atom is -1.00 e. The second-order valence-electron chi connectivity index (χ2n) is 6.57. The van der Waals surface area contributed by atoms with E-state index in [1.807, 2.05) is 0 Å². The van der Waals surface area contributed by atoms with Gasteiger partial charge in [0.05, 0.1) is 0 Å². The van der Waals surface area contributed by atoms with Crippen LogP contribution in [0.5, 0.6) is 0 Å². The van der Waals surface area contributed by atoms with Gasteiger partial charge in [-0.25, -0.2) is 12.1 Å². The van der Waals surface area contributed by atoms with Crippen LogP contribution >= 0.6 is 0 Å². The van der Waals surface area contributed by atoms with E-state index in [0.29, 0.717) is 0 Å². The number of halogens is 2. The first-order valence-electron chi connectivity index (χ1n) is 8.72. The molecule has 0 nitrogen and oxygen atoms in total. The quantitative estimate of drug-likeness (QED) is 0.455. The summed E-state index contributed by atoms with van der Waals surface area (Å²) in [4.78, 5) is 0. The summed E-state index contributed by atoms with van der Waals surface area (Å²) in [6.45, 7) is 0. The first-order valence-corrected chi connectivity index (χ1v) is 8.72. The molecule has 0 spiro atoms. The molecule has 0 amide bonds. The van der Waals surface area contributed by atoms with Crippen LogP contribution in [0.3, 0.4) is 0 Å². The van der Waals surface area contributed by atoms with Gasteiger partial charge >= 0.3 is 26.2 Å². The van der Waals surface area contributed by atoms with Crippen LogP contribution in [0, 0.1) is 6.08 Å². The monoisotopic (exact) mass is 458 g/mol. The van der Waals surface area contributed by atoms with Gasteiger partial charge < -0.3 is 24.8 Å². The predicted molar refractivity (Wildman–Crippen MR) is 97.8 cm³/mol. The summed E-state index contributed by atoms with van der Waals surface area (Å²) in [6, 6.07) is 21.7. The molecular weight excluding hydrogens is 438 g/mol. The van der Waals surface area contributed by atoms with Gasteiger partial charge in [0.1, 0.15) is 0 Å². The second kappa shape index (κ2) is 11.2. The molecule has 0 saturated heterocycles. The van der Waals surface area contributed by atoms with Crippen LogP contribution < -0.4 is 24.8 Å². The van der Waals surface area contributed by atoms with Gasteiger partial charge in [-0.05, 0) is 0 Å². The number of allylic oxidation sites excluding steroid dienone is 1. The van der Waals surface area contributed by atoms with Crippen molar-refractivity contribution in [3.63, 3.8) is 0 Å². The third kappa shape index (κ3) is 5.16. The molecule has 2 aliphatic carbocycles. The molecule has 0 atom stereocenters. The molecule has 0 radical (unpaired) electrons. The molecule has 0 bridgehead atoms. The van der Waals surface area contributed by atoms with E-state index in [0.717, 1.165) is 12.3 Å². The van der Waals surface area contributed by atoms with Crippen molar-refractivity contribution in [2.24, 2.45) is 0 Å². The maximum atomic E-state index is 3.32. The van der Waals surface area contributed by atoms with Gasteiger partial charge in [-0.15, -0.1) is 23.1 Å². The van der Waals surface area contributed by atoms with Crippen molar-refractivity contribution in [3.8, 4) is 0 Å². The van der Waals surface area contributed by atoms with Crippen molar-refractivity contribution in [1.29, 1.82) is 0 Å². The van der Waals surface area contributed by atoms with Crippen LogP contribution in [-0.2, 0) is 32.6 Å². The summed E-state index contributed by atoms with van der Waals surface area (Å²) in [5.74, 6) is 0.898. The fourth-order valence-electron chi connectivity index (χ4n) is 3.84. The van der Waals surface area contributed by atoms with E-state index in [1.165, 1.54) is 47.6 Å². The van der Waals surface area contributed by atoms with E-state index in [2.05, 4.69) is 72.8 Å². The van der Waals surface area contributed by atoms with Crippen LogP contribution in [0.25, 0.3) is 10.8 Å². The first-order chi connectivity index (χ1) is 11.4. The Morgan fingerprint density at radius 1 is 0.846 bits per heavy atom. The summed E-state index contributed by atoms with van der Waals surface area (Å²) in [5.41, 5.74) is 4.26. The number of fused-ring (bicyclic) bond motifs is 3. The zero-order valence-corrected chi connectivity index (χ0v) is 18.7. The average molecular weight is 461 g/mol. The largest absolute Gasteiger partial charge is 4.00 e. The number of hydrogen-bond acceptors (Lipinski definition) is 0. The fraction of sp³-hybridized carbons (Fsp3) is 0.261. The van der Waals surface area contributed by atoms with E-state index in [4.69, 9.17) is 0 Å². The maximum Gasteiger partial charge on any atom is 4.00 e. The van der Waals surface area contributed by atoms with Gasteiger partial charge in [-0.1, -0.05) is 67.7 Å². The van der Waals surface area contributed by atoms with Gasteiger partial charge in [0.2, 0.25) is 0 Å². The van der Waals surface area contributed by atoms with Crippen LogP contribution in [0.4, 0.5) is 0 Å². The average Bonchev–Trinajstić information content (AvgIpc) is 3.36. The molecule has 26 heavy (non-hydrogen) atoms. The number of hydrogen-bond donors (Lipinski definition) is 0. The van der Waals surface area contributed by atoms with Crippen molar-refractivity contribution >= 4 is 10.8 Å². The zero-order valence-electron chi connectivity index (χ0n) is 14.7. The fourth-order valence-corrected chi connectivity index (χ4v) is 3.84. The molecule has 5 rings (SSSR count). The first kappa shape index (κ1) is 23.3. The molecule has 3 heteroatoms. The molecule has 0 N–H and O–H groups in total. The normalized spacial score (nSPS) is 14.5. The minimum atomic E-state index is 0. The molecule has 0 unspecified atom stereocenters. The molecule has 0 aromatic heterocycles. The molecule has 0 heterocycles. The topological polar surface area (TPSA) is 0 Å². The molecule has 1 saturated carbocycles. The van der Waals surface area contributed by atoms with Crippen LogP contribution in [0.15, 0.2) is 66.7 Å². The van der Waals surface area contributed by atoms with E-state index < -0.39 is 0 Å². The summed E-state index contributed by atoms with van der Waals surface area (Å²) in [6.07, 6.45) is 12.2. The van der Waals surface area contributed by atoms with E-state index in [9.17, 15) is 0 Å². The Kier molecular flexibility index (Phi) is 10.0. The molecule has 2 aliphatic rings. The van der Waals surface area contributed by atoms with E-state index >= 15 is 0 Å². The summed E-state index contributed by atoms with van der Waals surface area (Å²) < 4.78 is 0.